The van der Waals surface area contributed by atoms with Crippen LogP contribution in [0, 0.1) is 0 Å². The molecule has 9 heavy (non-hydrogen) atoms. The summed E-state index contributed by atoms with van der Waals surface area (Å²) in [4.78, 5) is 0. The van der Waals surface area contributed by atoms with Crippen molar-refractivity contribution in [2.24, 2.45) is 0 Å². The van der Waals surface area contributed by atoms with Gasteiger partial charge in [-0.05, 0) is 11.6 Å². The van der Waals surface area contributed by atoms with Crippen LogP contribution < -0.4 is 0 Å². The summed E-state index contributed by atoms with van der Waals surface area (Å²) in [6.07, 6.45) is 0. The number of rotatable bonds is 1. The van der Waals surface area contributed by atoms with Crippen molar-refractivity contribution in [3.8, 4) is 0 Å². The zero-order valence-corrected chi connectivity index (χ0v) is 6.38. The Hall–Kier alpha value is -0.140. The van der Waals surface area contributed by atoms with Crippen LogP contribution in [0.15, 0.2) is 24.3 Å². The topological polar surface area (TPSA) is 0 Å². The molecule has 0 aliphatic heterocycles. The van der Waals surface area contributed by atoms with Crippen LogP contribution >= 0.6 is 24.2 Å². The predicted molar refractivity (Wildman–Crippen MR) is 42.7 cm³/mol. The molecule has 1 aromatic carbocycles. The van der Waals surface area contributed by atoms with Gasteiger partial charge in [0.15, 0.2) is 0 Å². The maximum atomic E-state index is 5.76. The van der Waals surface area contributed by atoms with E-state index in [1.54, 1.807) is 0 Å². The molecule has 0 aliphatic rings. The van der Waals surface area contributed by atoms with Gasteiger partial charge in [-0.25, -0.2) is 0 Å². The monoisotopic (exact) mass is 157 g/mol. The van der Waals surface area contributed by atoms with Crippen LogP contribution in [-0.4, -0.2) is 0 Å². The van der Waals surface area contributed by atoms with Crippen LogP contribution in [0.2, 0.25) is 5.02 Å². The highest BCUT2D eigenvalue weighted by Crippen LogP contribution is 2.15. The zero-order chi connectivity index (χ0) is 6.69. The van der Waals surface area contributed by atoms with Crippen LogP contribution in [0.3, 0.4) is 0 Å². The molecule has 1 aromatic rings. The molecule has 0 aromatic heterocycles. The molecular weight excluding hydrogens is 152 g/mol. The van der Waals surface area contributed by atoms with Crippen molar-refractivity contribution < 1.29 is 0 Å². The van der Waals surface area contributed by atoms with Gasteiger partial charge in [-0.1, -0.05) is 42.4 Å². The maximum absolute atomic E-state index is 5.76. The minimum Gasteiger partial charge on any atom is -0.0889 e. The van der Waals surface area contributed by atoms with Gasteiger partial charge >= 0.3 is 0 Å². The van der Waals surface area contributed by atoms with Gasteiger partial charge in [-0.2, -0.15) is 0 Å². The summed E-state index contributed by atoms with van der Waals surface area (Å²) >= 11 is 10.6. The lowest BCUT2D eigenvalue weighted by atomic mass is 10.2. The first-order valence-corrected chi connectivity index (χ1v) is 3.61. The Morgan fingerprint density at radius 2 is 2.00 bits per heavy atom. The fraction of sp³-hybridized carbons (Fsp3) is 0.143. The molecule has 0 heterocycles. The van der Waals surface area contributed by atoms with E-state index < -0.39 is 0 Å². The van der Waals surface area contributed by atoms with Crippen molar-refractivity contribution >= 4 is 24.2 Å². The summed E-state index contributed by atoms with van der Waals surface area (Å²) in [5.41, 5.74) is 1.04. The molecule has 2 heteroatoms. The van der Waals surface area contributed by atoms with E-state index in [0.717, 1.165) is 10.6 Å². The van der Waals surface area contributed by atoms with Gasteiger partial charge in [0.05, 0.1) is 0 Å². The SMILES string of the molecule is [S]Cc1ccccc1Cl. The lowest BCUT2D eigenvalue weighted by Gasteiger charge is -1.95. The molecule has 0 atom stereocenters. The Kier molecular flexibility index (Phi) is 2.43. The second-order valence-electron chi connectivity index (χ2n) is 1.74. The average molecular weight is 158 g/mol. The van der Waals surface area contributed by atoms with Crippen molar-refractivity contribution in [2.75, 3.05) is 0 Å². The molecule has 0 saturated carbocycles. The van der Waals surface area contributed by atoms with E-state index in [2.05, 4.69) is 0 Å². The number of hydrogen-bond donors (Lipinski definition) is 0. The van der Waals surface area contributed by atoms with Crippen molar-refractivity contribution in [3.05, 3.63) is 34.9 Å². The smallest absolute Gasteiger partial charge is 0.0446 e. The van der Waals surface area contributed by atoms with Gasteiger partial charge in [0.1, 0.15) is 0 Å². The third-order valence-corrected chi connectivity index (χ3v) is 1.79. The molecule has 1 radical (unpaired) electrons. The molecule has 0 nitrogen and oxygen atoms in total. The van der Waals surface area contributed by atoms with E-state index in [1.165, 1.54) is 0 Å². The third kappa shape index (κ3) is 1.63. The minimum absolute atomic E-state index is 0.597. The standard InChI is InChI=1S/C7H6ClS/c8-7-4-2-1-3-6(7)5-9/h1-4H,5H2. The van der Waals surface area contributed by atoms with Gasteiger partial charge in [0, 0.05) is 10.8 Å². The summed E-state index contributed by atoms with van der Waals surface area (Å²) in [5.74, 6) is 0.597. The van der Waals surface area contributed by atoms with Crippen LogP contribution in [0.4, 0.5) is 0 Å². The maximum Gasteiger partial charge on any atom is 0.0446 e. The summed E-state index contributed by atoms with van der Waals surface area (Å²) in [6.45, 7) is 0. The van der Waals surface area contributed by atoms with Gasteiger partial charge in [-0.3, -0.25) is 0 Å². The van der Waals surface area contributed by atoms with Crippen LogP contribution in [-0.2, 0) is 5.75 Å². The van der Waals surface area contributed by atoms with E-state index in [9.17, 15) is 0 Å². The Morgan fingerprint density at radius 3 is 2.44 bits per heavy atom. The van der Waals surface area contributed by atoms with Crippen LogP contribution in [0.1, 0.15) is 5.56 Å². The van der Waals surface area contributed by atoms with E-state index >= 15 is 0 Å². The molecule has 47 valence electrons. The first-order chi connectivity index (χ1) is 4.34. The van der Waals surface area contributed by atoms with Gasteiger partial charge in [0.25, 0.3) is 0 Å². The van der Waals surface area contributed by atoms with Crippen molar-refractivity contribution in [1.82, 2.24) is 0 Å². The van der Waals surface area contributed by atoms with Gasteiger partial charge in [0.2, 0.25) is 0 Å². The van der Waals surface area contributed by atoms with Crippen molar-refractivity contribution in [1.29, 1.82) is 0 Å². The largest absolute Gasteiger partial charge is 0.0889 e. The Bertz CT molecular complexity index is 198. The molecule has 0 bridgehead atoms. The molecule has 0 amide bonds. The third-order valence-electron chi connectivity index (χ3n) is 1.11. The molecule has 0 spiro atoms. The number of benzene rings is 1. The Labute approximate surface area is 65.3 Å². The molecule has 0 N–H and O–H groups in total. The highest BCUT2D eigenvalue weighted by Gasteiger charge is 1.92. The highest BCUT2D eigenvalue weighted by molar-refractivity contribution is 7.79. The zero-order valence-electron chi connectivity index (χ0n) is 4.80. The lowest BCUT2D eigenvalue weighted by Crippen LogP contribution is -1.76. The molecule has 1 rings (SSSR count). The first kappa shape index (κ1) is 6.97. The quantitative estimate of drug-likeness (QED) is 0.588. The molecule has 0 saturated heterocycles. The number of halogens is 1. The van der Waals surface area contributed by atoms with E-state index in [1.807, 2.05) is 24.3 Å². The fourth-order valence-corrected chi connectivity index (χ4v) is 1.15. The average Bonchev–Trinajstić information content (AvgIpc) is 1.89. The second-order valence-corrected chi connectivity index (χ2v) is 2.43. The van der Waals surface area contributed by atoms with E-state index in [0.29, 0.717) is 5.75 Å². The van der Waals surface area contributed by atoms with Crippen molar-refractivity contribution in [3.63, 3.8) is 0 Å². The highest BCUT2D eigenvalue weighted by atomic mass is 35.5. The van der Waals surface area contributed by atoms with E-state index in [4.69, 9.17) is 24.2 Å². The normalized spacial score (nSPS) is 9.56. The second kappa shape index (κ2) is 3.14. The fourth-order valence-electron chi connectivity index (χ4n) is 0.615. The minimum atomic E-state index is 0.597. The Balaban J connectivity index is 3.01. The van der Waals surface area contributed by atoms with Crippen LogP contribution in [0.5, 0.6) is 0 Å². The molecular formula is C7H6ClS. The van der Waals surface area contributed by atoms with E-state index in [-0.39, 0.29) is 0 Å². The van der Waals surface area contributed by atoms with Gasteiger partial charge in [-0.15, -0.1) is 0 Å². The molecule has 0 fully saturated rings. The first-order valence-electron chi connectivity index (χ1n) is 2.66. The molecule has 0 unspecified atom stereocenters. The summed E-state index contributed by atoms with van der Waals surface area (Å²) < 4.78 is 0. The number of hydrogen-bond acceptors (Lipinski definition) is 0. The van der Waals surface area contributed by atoms with Gasteiger partial charge < -0.3 is 0 Å². The lowest BCUT2D eigenvalue weighted by molar-refractivity contribution is 1.43. The van der Waals surface area contributed by atoms with Crippen molar-refractivity contribution in [2.45, 2.75) is 5.75 Å². The summed E-state index contributed by atoms with van der Waals surface area (Å²) in [7, 11) is 0. The Morgan fingerprint density at radius 1 is 1.33 bits per heavy atom. The van der Waals surface area contributed by atoms with Crippen LogP contribution in [0.25, 0.3) is 0 Å². The summed E-state index contributed by atoms with van der Waals surface area (Å²) in [5, 5.41) is 0.771. The predicted octanol–water partition coefficient (Wildman–Crippen LogP) is 3.04. The summed E-state index contributed by atoms with van der Waals surface area (Å²) in [6, 6.07) is 7.63. The molecule has 0 aliphatic carbocycles.